The third kappa shape index (κ3) is 2.72. The summed E-state index contributed by atoms with van der Waals surface area (Å²) < 4.78 is 10.5. The second-order valence-corrected chi connectivity index (χ2v) is 4.34. The maximum absolute atomic E-state index is 10.6. The number of aryl methyl sites for hydroxylation is 1. The molecular formula is C13H17ClO3. The first kappa shape index (κ1) is 13.8. The van der Waals surface area contributed by atoms with Crippen molar-refractivity contribution < 1.29 is 14.3 Å². The van der Waals surface area contributed by atoms with Gasteiger partial charge in [-0.2, -0.15) is 0 Å². The summed E-state index contributed by atoms with van der Waals surface area (Å²) in [6, 6.07) is 1.88. The molecule has 0 aromatic heterocycles. The standard InChI is InChI=1S/C13H17ClO3/c1-8(5-6-15)11-9(2)7-10(16-3)13(17-4)12(11)14/h6-8H,5H2,1-4H3. The summed E-state index contributed by atoms with van der Waals surface area (Å²) in [5.41, 5.74) is 1.94. The maximum atomic E-state index is 10.6. The van der Waals surface area contributed by atoms with E-state index < -0.39 is 0 Å². The van der Waals surface area contributed by atoms with Gasteiger partial charge in [0.25, 0.3) is 0 Å². The molecule has 0 amide bonds. The van der Waals surface area contributed by atoms with Crippen molar-refractivity contribution >= 4 is 17.9 Å². The fourth-order valence-corrected chi connectivity index (χ4v) is 2.46. The molecule has 0 saturated carbocycles. The average Bonchev–Trinajstić information content (AvgIpc) is 2.28. The van der Waals surface area contributed by atoms with Crippen molar-refractivity contribution in [1.29, 1.82) is 0 Å². The molecule has 4 heteroatoms. The fourth-order valence-electron chi connectivity index (χ4n) is 1.95. The summed E-state index contributed by atoms with van der Waals surface area (Å²) in [4.78, 5) is 10.6. The Morgan fingerprint density at radius 2 is 2.06 bits per heavy atom. The lowest BCUT2D eigenvalue weighted by Crippen LogP contribution is -2.02. The van der Waals surface area contributed by atoms with Crippen LogP contribution < -0.4 is 9.47 Å². The van der Waals surface area contributed by atoms with Crippen LogP contribution in [0, 0.1) is 6.92 Å². The molecule has 0 N–H and O–H groups in total. The van der Waals surface area contributed by atoms with Crippen molar-refractivity contribution in [3.05, 3.63) is 22.2 Å². The predicted molar refractivity (Wildman–Crippen MR) is 68.4 cm³/mol. The largest absolute Gasteiger partial charge is 0.493 e. The van der Waals surface area contributed by atoms with Gasteiger partial charge in [0.2, 0.25) is 0 Å². The van der Waals surface area contributed by atoms with Crippen molar-refractivity contribution in [3.63, 3.8) is 0 Å². The molecule has 0 radical (unpaired) electrons. The van der Waals surface area contributed by atoms with Crippen molar-refractivity contribution in [1.82, 2.24) is 0 Å². The molecule has 0 aliphatic rings. The second kappa shape index (κ2) is 5.92. The van der Waals surface area contributed by atoms with E-state index in [9.17, 15) is 4.79 Å². The van der Waals surface area contributed by atoms with Crippen molar-refractivity contribution in [3.8, 4) is 11.5 Å². The Kier molecular flexibility index (Phi) is 4.82. The molecule has 0 aliphatic carbocycles. The van der Waals surface area contributed by atoms with Gasteiger partial charge in [-0.25, -0.2) is 0 Å². The van der Waals surface area contributed by atoms with Crippen LogP contribution in [0.25, 0.3) is 0 Å². The topological polar surface area (TPSA) is 35.5 Å². The Bertz CT molecular complexity index is 416. The van der Waals surface area contributed by atoms with Crippen LogP contribution in [0.15, 0.2) is 6.07 Å². The molecule has 0 spiro atoms. The highest BCUT2D eigenvalue weighted by molar-refractivity contribution is 6.33. The number of hydrogen-bond acceptors (Lipinski definition) is 3. The highest BCUT2D eigenvalue weighted by atomic mass is 35.5. The minimum Gasteiger partial charge on any atom is -0.493 e. The Labute approximate surface area is 107 Å². The summed E-state index contributed by atoms with van der Waals surface area (Å²) in [6.07, 6.45) is 1.34. The Hall–Kier alpha value is -1.22. The summed E-state index contributed by atoms with van der Waals surface area (Å²) >= 11 is 6.31. The summed E-state index contributed by atoms with van der Waals surface area (Å²) in [7, 11) is 3.12. The van der Waals surface area contributed by atoms with Gasteiger partial charge in [0.1, 0.15) is 6.29 Å². The summed E-state index contributed by atoms with van der Waals surface area (Å²) in [6.45, 7) is 3.92. The van der Waals surface area contributed by atoms with E-state index in [0.717, 1.165) is 17.4 Å². The first-order chi connectivity index (χ1) is 8.06. The predicted octanol–water partition coefficient (Wildman–Crippen LogP) is 3.36. The highest BCUT2D eigenvalue weighted by Crippen LogP contribution is 2.42. The number of ether oxygens (including phenoxy) is 2. The minimum atomic E-state index is 0.0693. The lowest BCUT2D eigenvalue weighted by atomic mass is 9.93. The molecule has 0 bridgehead atoms. The van der Waals surface area contributed by atoms with Crippen molar-refractivity contribution in [2.24, 2.45) is 0 Å². The molecular weight excluding hydrogens is 240 g/mol. The van der Waals surface area contributed by atoms with Gasteiger partial charge in [0.05, 0.1) is 19.2 Å². The van der Waals surface area contributed by atoms with Crippen LogP contribution in [0.3, 0.4) is 0 Å². The van der Waals surface area contributed by atoms with E-state index >= 15 is 0 Å². The molecule has 1 rings (SSSR count). The van der Waals surface area contributed by atoms with Gasteiger partial charge in [-0.15, -0.1) is 0 Å². The van der Waals surface area contributed by atoms with Gasteiger partial charge in [-0.05, 0) is 30.0 Å². The molecule has 3 nitrogen and oxygen atoms in total. The zero-order valence-electron chi connectivity index (χ0n) is 10.5. The smallest absolute Gasteiger partial charge is 0.179 e. The Morgan fingerprint density at radius 1 is 1.41 bits per heavy atom. The summed E-state index contributed by atoms with van der Waals surface area (Å²) in [5, 5.41) is 0.527. The van der Waals surface area contributed by atoms with E-state index in [1.165, 1.54) is 0 Å². The minimum absolute atomic E-state index is 0.0693. The molecule has 1 unspecified atom stereocenters. The van der Waals surface area contributed by atoms with E-state index in [1.54, 1.807) is 14.2 Å². The molecule has 0 saturated heterocycles. The number of halogens is 1. The van der Waals surface area contributed by atoms with Crippen molar-refractivity contribution in [2.75, 3.05) is 14.2 Å². The maximum Gasteiger partial charge on any atom is 0.179 e. The number of benzene rings is 1. The van der Waals surface area contributed by atoms with E-state index in [0.29, 0.717) is 22.9 Å². The monoisotopic (exact) mass is 256 g/mol. The molecule has 1 aromatic rings. The number of aldehydes is 1. The number of methoxy groups -OCH3 is 2. The third-order valence-electron chi connectivity index (χ3n) is 2.80. The normalized spacial score (nSPS) is 12.1. The molecule has 1 atom stereocenters. The molecule has 0 aliphatic heterocycles. The van der Waals surface area contributed by atoms with Crippen LogP contribution in [0.5, 0.6) is 11.5 Å². The van der Waals surface area contributed by atoms with Crippen LogP contribution in [0.4, 0.5) is 0 Å². The van der Waals surface area contributed by atoms with Crippen LogP contribution >= 0.6 is 11.6 Å². The van der Waals surface area contributed by atoms with Gasteiger partial charge < -0.3 is 14.3 Å². The quantitative estimate of drug-likeness (QED) is 0.758. The van der Waals surface area contributed by atoms with Gasteiger partial charge in [0, 0.05) is 6.42 Å². The fraction of sp³-hybridized carbons (Fsp3) is 0.462. The van der Waals surface area contributed by atoms with Crippen molar-refractivity contribution in [2.45, 2.75) is 26.2 Å². The van der Waals surface area contributed by atoms with Gasteiger partial charge in [0.15, 0.2) is 11.5 Å². The molecule has 0 fully saturated rings. The lowest BCUT2D eigenvalue weighted by molar-refractivity contribution is -0.108. The van der Waals surface area contributed by atoms with Gasteiger partial charge >= 0.3 is 0 Å². The van der Waals surface area contributed by atoms with Crippen LogP contribution in [-0.4, -0.2) is 20.5 Å². The second-order valence-electron chi connectivity index (χ2n) is 3.96. The Morgan fingerprint density at radius 3 is 2.53 bits per heavy atom. The Balaban J connectivity index is 3.35. The highest BCUT2D eigenvalue weighted by Gasteiger charge is 2.20. The number of carbonyl (C=O) groups is 1. The lowest BCUT2D eigenvalue weighted by Gasteiger charge is -2.19. The van der Waals surface area contributed by atoms with Gasteiger partial charge in [-0.1, -0.05) is 18.5 Å². The molecule has 1 aromatic carbocycles. The first-order valence-corrected chi connectivity index (χ1v) is 5.79. The molecule has 17 heavy (non-hydrogen) atoms. The van der Waals surface area contributed by atoms with E-state index in [4.69, 9.17) is 21.1 Å². The molecule has 94 valence electrons. The van der Waals surface area contributed by atoms with Crippen LogP contribution in [-0.2, 0) is 4.79 Å². The van der Waals surface area contributed by atoms with Crippen LogP contribution in [0.1, 0.15) is 30.4 Å². The van der Waals surface area contributed by atoms with E-state index in [2.05, 4.69) is 0 Å². The average molecular weight is 257 g/mol. The summed E-state index contributed by atoms with van der Waals surface area (Å²) in [5.74, 6) is 1.20. The molecule has 0 heterocycles. The zero-order valence-corrected chi connectivity index (χ0v) is 11.3. The number of carbonyl (C=O) groups excluding carboxylic acids is 1. The van der Waals surface area contributed by atoms with Gasteiger partial charge in [-0.3, -0.25) is 0 Å². The SMILES string of the molecule is COc1cc(C)c(C(C)CC=O)c(Cl)c1OC. The first-order valence-electron chi connectivity index (χ1n) is 5.41. The van der Waals surface area contributed by atoms with Crippen LogP contribution in [0.2, 0.25) is 5.02 Å². The van der Waals surface area contributed by atoms with E-state index in [1.807, 2.05) is 19.9 Å². The number of hydrogen-bond donors (Lipinski definition) is 0. The number of rotatable bonds is 5. The van der Waals surface area contributed by atoms with E-state index in [-0.39, 0.29) is 5.92 Å². The third-order valence-corrected chi connectivity index (χ3v) is 3.17. The zero-order chi connectivity index (χ0) is 13.0.